The van der Waals surface area contributed by atoms with Gasteiger partial charge in [0.2, 0.25) is 0 Å². The second kappa shape index (κ2) is 18.2. The molecular formula is C40H34Br4N6O8. The Morgan fingerprint density at radius 1 is 0.414 bits per heavy atom. The zero-order chi connectivity index (χ0) is 41.1. The van der Waals surface area contributed by atoms with Gasteiger partial charge in [-0.3, -0.25) is 29.0 Å². The molecule has 0 spiro atoms. The van der Waals surface area contributed by atoms with E-state index < -0.39 is 0 Å². The van der Waals surface area contributed by atoms with Crippen LogP contribution in [0.4, 0.5) is 0 Å². The van der Waals surface area contributed by atoms with Crippen molar-refractivity contribution in [2.45, 2.75) is 65.2 Å². The van der Waals surface area contributed by atoms with Gasteiger partial charge in [0.15, 0.2) is 41.7 Å². The summed E-state index contributed by atoms with van der Waals surface area (Å²) in [6, 6.07) is 13.5. The first-order valence-corrected chi connectivity index (χ1v) is 21.8. The second-order valence-corrected chi connectivity index (χ2v) is 16.5. The molecule has 8 rings (SSSR count). The predicted molar refractivity (Wildman–Crippen MR) is 225 cm³/mol. The van der Waals surface area contributed by atoms with Gasteiger partial charge in [0.25, 0.3) is 23.6 Å². The first-order chi connectivity index (χ1) is 28.0. The number of fused-ring (bicyclic) bond motifs is 2. The Morgan fingerprint density at radius 3 is 0.879 bits per heavy atom. The van der Waals surface area contributed by atoms with Gasteiger partial charge in [0, 0.05) is 13.1 Å². The average molecular weight is 1050 g/mol. The van der Waals surface area contributed by atoms with Crippen molar-refractivity contribution in [1.29, 1.82) is 0 Å². The molecule has 0 saturated carbocycles. The largest absolute Gasteiger partial charge is 0.448 e. The quantitative estimate of drug-likeness (QED) is 0.0745. The highest BCUT2D eigenvalue weighted by Crippen LogP contribution is 2.40. The molecule has 2 aliphatic heterocycles. The molecule has 18 heteroatoms. The predicted octanol–water partition coefficient (Wildman–Crippen LogP) is 11.4. The minimum atomic E-state index is -0.384. The molecule has 0 bridgehead atoms. The third kappa shape index (κ3) is 8.33. The van der Waals surface area contributed by atoms with Crippen LogP contribution in [-0.4, -0.2) is 66.9 Å². The molecule has 0 saturated heterocycles. The number of nitrogens with zero attached hydrogens (tertiary/aromatic N) is 6. The number of imide groups is 2. The fourth-order valence-electron chi connectivity index (χ4n) is 6.69. The van der Waals surface area contributed by atoms with Crippen LogP contribution in [-0.2, 0) is 0 Å². The van der Waals surface area contributed by atoms with Crippen molar-refractivity contribution in [3.63, 3.8) is 0 Å². The highest BCUT2D eigenvalue weighted by molar-refractivity contribution is 9.11. The van der Waals surface area contributed by atoms with E-state index in [0.717, 1.165) is 51.4 Å². The summed E-state index contributed by atoms with van der Waals surface area (Å²) in [5, 5.41) is 16.8. The fourth-order valence-corrected chi connectivity index (χ4v) is 7.91. The third-order valence-electron chi connectivity index (χ3n) is 9.48. The molecule has 0 aromatic carbocycles. The van der Waals surface area contributed by atoms with Crippen molar-refractivity contribution in [1.82, 2.24) is 30.2 Å². The first-order valence-electron chi connectivity index (χ1n) is 18.6. The van der Waals surface area contributed by atoms with Gasteiger partial charge in [-0.25, -0.2) is 0 Å². The van der Waals surface area contributed by atoms with Crippen molar-refractivity contribution < 1.29 is 36.8 Å². The van der Waals surface area contributed by atoms with Crippen molar-refractivity contribution in [2.75, 3.05) is 13.1 Å². The fraction of sp³-hybridized carbons (Fsp3) is 0.300. The van der Waals surface area contributed by atoms with E-state index in [4.69, 9.17) is 17.7 Å². The molecule has 6 aromatic heterocycles. The third-order valence-corrected chi connectivity index (χ3v) is 11.2. The molecule has 8 heterocycles. The topological polar surface area (TPSA) is 179 Å². The summed E-state index contributed by atoms with van der Waals surface area (Å²) < 4.78 is 24.3. The molecule has 4 amide bonds. The van der Waals surface area contributed by atoms with Gasteiger partial charge in [-0.05, 0) is 125 Å². The van der Waals surface area contributed by atoms with Crippen molar-refractivity contribution in [3.8, 4) is 45.8 Å². The number of halogens is 4. The van der Waals surface area contributed by atoms with Crippen molar-refractivity contribution in [2.24, 2.45) is 0 Å². The van der Waals surface area contributed by atoms with E-state index in [1.807, 2.05) is 0 Å². The number of hydrogen-bond donors (Lipinski definition) is 0. The first kappa shape index (κ1) is 41.6. The Labute approximate surface area is 365 Å². The molecular weight excluding hydrogens is 1010 g/mol. The molecule has 0 N–H and O–H groups in total. The molecule has 300 valence electrons. The van der Waals surface area contributed by atoms with Gasteiger partial charge >= 0.3 is 0 Å². The molecule has 2 aliphatic rings. The zero-order valence-electron chi connectivity index (χ0n) is 31.2. The molecule has 0 fully saturated rings. The van der Waals surface area contributed by atoms with E-state index in [-0.39, 0.29) is 68.7 Å². The van der Waals surface area contributed by atoms with Gasteiger partial charge in [-0.2, -0.15) is 0 Å². The highest BCUT2D eigenvalue weighted by atomic mass is 79.9. The summed E-state index contributed by atoms with van der Waals surface area (Å²) in [6.07, 6.45) is 7.68. The molecule has 0 atom stereocenters. The number of carbonyl (C=O) groups is 4. The van der Waals surface area contributed by atoms with Crippen molar-refractivity contribution >= 4 is 87.3 Å². The van der Waals surface area contributed by atoms with E-state index >= 15 is 0 Å². The lowest BCUT2D eigenvalue weighted by atomic mass is 10.0. The number of aromatic nitrogens is 4. The maximum absolute atomic E-state index is 13.2. The van der Waals surface area contributed by atoms with E-state index in [9.17, 15) is 19.2 Å². The van der Waals surface area contributed by atoms with Gasteiger partial charge < -0.3 is 17.7 Å². The lowest BCUT2D eigenvalue weighted by molar-refractivity contribution is 0.0636. The molecule has 0 radical (unpaired) electrons. The van der Waals surface area contributed by atoms with Gasteiger partial charge in [0.05, 0.1) is 22.3 Å². The van der Waals surface area contributed by atoms with Crippen LogP contribution in [0.15, 0.2) is 84.9 Å². The standard InChI is InChI=1S/2C20H17Br2N3O4/c2*1-2-3-4-5-10-25-19(26)15-16(20(25)27)18(12-7-9-14(22)29-12)24-23-17(15)11-6-8-13(21)28-11/h2*6-9H,2-5,10H2,1H3. The monoisotopic (exact) mass is 1040 g/mol. The summed E-state index contributed by atoms with van der Waals surface area (Å²) in [6.45, 7) is 4.94. The minimum absolute atomic E-state index is 0.199. The van der Waals surface area contributed by atoms with Crippen LogP contribution in [0.1, 0.15) is 107 Å². The molecule has 6 aromatic rings. The molecule has 0 aliphatic carbocycles. The maximum atomic E-state index is 13.2. The minimum Gasteiger partial charge on any atom is -0.448 e. The summed E-state index contributed by atoms with van der Waals surface area (Å²) in [7, 11) is 0. The van der Waals surface area contributed by atoms with E-state index in [2.05, 4.69) is 98.0 Å². The Hall–Kier alpha value is -4.52. The van der Waals surface area contributed by atoms with Crippen LogP contribution in [0.2, 0.25) is 0 Å². The SMILES string of the molecule is CCCCCCN1C(=O)c2c(-c3ccc(Br)o3)nnc(-c3ccc(Br)o3)c2C1=O.CCCCCCN1C(=O)c2c(-c3ccc(Br)o3)nnc(-c3ccc(Br)o3)c2C1=O. The summed E-state index contributed by atoms with van der Waals surface area (Å²) in [5.74, 6) is -0.0831. The second-order valence-electron chi connectivity index (χ2n) is 13.4. The van der Waals surface area contributed by atoms with Crippen LogP contribution in [0.3, 0.4) is 0 Å². The smallest absolute Gasteiger partial charge is 0.264 e. The van der Waals surface area contributed by atoms with Crippen LogP contribution in [0.25, 0.3) is 45.8 Å². The normalized spacial score (nSPS) is 13.4. The number of furan rings is 4. The van der Waals surface area contributed by atoms with Crippen LogP contribution >= 0.6 is 63.7 Å². The number of amides is 4. The van der Waals surface area contributed by atoms with E-state index in [0.29, 0.717) is 54.8 Å². The Bertz CT molecular complexity index is 2190. The number of carbonyl (C=O) groups excluding carboxylic acids is 4. The van der Waals surface area contributed by atoms with Crippen LogP contribution < -0.4 is 0 Å². The summed E-state index contributed by atoms with van der Waals surface area (Å²) >= 11 is 13.0. The van der Waals surface area contributed by atoms with Gasteiger partial charge in [0.1, 0.15) is 22.8 Å². The van der Waals surface area contributed by atoms with Gasteiger partial charge in [-0.15, -0.1) is 20.4 Å². The summed E-state index contributed by atoms with van der Waals surface area (Å²) in [4.78, 5) is 55.4. The van der Waals surface area contributed by atoms with Gasteiger partial charge in [-0.1, -0.05) is 52.4 Å². The molecule has 0 unspecified atom stereocenters. The summed E-state index contributed by atoms with van der Waals surface area (Å²) in [5.41, 5.74) is 1.78. The lowest BCUT2D eigenvalue weighted by Gasteiger charge is -2.13. The van der Waals surface area contributed by atoms with E-state index in [1.54, 1.807) is 48.5 Å². The lowest BCUT2D eigenvalue weighted by Crippen LogP contribution is -2.30. The van der Waals surface area contributed by atoms with E-state index in [1.165, 1.54) is 9.80 Å². The Balaban J connectivity index is 0.000000177. The van der Waals surface area contributed by atoms with Crippen LogP contribution in [0, 0.1) is 0 Å². The highest BCUT2D eigenvalue weighted by Gasteiger charge is 2.44. The average Bonchev–Trinajstić information content (AvgIpc) is 4.09. The number of hydrogen-bond acceptors (Lipinski definition) is 12. The maximum Gasteiger partial charge on any atom is 0.264 e. The Kier molecular flexibility index (Phi) is 13.0. The number of rotatable bonds is 14. The molecule has 14 nitrogen and oxygen atoms in total. The number of unbranched alkanes of at least 4 members (excludes halogenated alkanes) is 6. The van der Waals surface area contributed by atoms with Crippen molar-refractivity contribution in [3.05, 3.63) is 89.5 Å². The van der Waals surface area contributed by atoms with Crippen LogP contribution in [0.5, 0.6) is 0 Å². The zero-order valence-corrected chi connectivity index (χ0v) is 37.5. The Morgan fingerprint density at radius 2 is 0.672 bits per heavy atom. The molecule has 58 heavy (non-hydrogen) atoms.